The van der Waals surface area contributed by atoms with Gasteiger partial charge in [0, 0.05) is 6.04 Å². The Morgan fingerprint density at radius 3 is 2.17 bits per heavy atom. The molecule has 0 saturated heterocycles. The van der Waals surface area contributed by atoms with Gasteiger partial charge in [-0.3, -0.25) is 8.22 Å². The van der Waals surface area contributed by atoms with E-state index in [1.165, 1.54) is 6.08 Å². The molecule has 0 nitrogen and oxygen atoms in total. The van der Waals surface area contributed by atoms with Gasteiger partial charge in [0.25, 0.3) is 0 Å². The zero-order chi connectivity index (χ0) is 4.99. The Balaban J connectivity index is 2.81. The molecule has 0 aromatic carbocycles. The summed E-state index contributed by atoms with van der Waals surface area (Å²) in [6.07, 6.45) is 1.26. The van der Waals surface area contributed by atoms with E-state index in [0.29, 0.717) is 0 Å². The van der Waals surface area contributed by atoms with E-state index in [9.17, 15) is 8.22 Å². The van der Waals surface area contributed by atoms with Gasteiger partial charge in [-0.1, -0.05) is 6.08 Å². The molecular weight excluding hydrogens is 102 g/mol. The highest BCUT2D eigenvalue weighted by atomic mass is 28.4. The van der Waals surface area contributed by atoms with Crippen LogP contribution in [-0.2, 0) is 0 Å². The maximum atomic E-state index is 11.1. The van der Waals surface area contributed by atoms with E-state index in [2.05, 4.69) is 6.58 Å². The molecule has 3 heteroatoms. The van der Waals surface area contributed by atoms with Gasteiger partial charge in [0.05, 0.1) is 0 Å². The van der Waals surface area contributed by atoms with Gasteiger partial charge in [0.15, 0.2) is 0 Å². The molecule has 0 bridgehead atoms. The summed E-state index contributed by atoms with van der Waals surface area (Å²) in [4.78, 5) is 0. The van der Waals surface area contributed by atoms with Crippen LogP contribution in [0.15, 0.2) is 12.7 Å². The fraction of sp³-hybridized carbons (Fsp3) is 0.333. The Bertz CT molecular complexity index is 44.1. The molecule has 0 heterocycles. The summed E-state index contributed by atoms with van der Waals surface area (Å²) in [6, 6.07) is -0.0556. The number of allylic oxidation sites excluding steroid dienone is 1. The van der Waals surface area contributed by atoms with E-state index in [-0.39, 0.29) is 6.04 Å². The van der Waals surface area contributed by atoms with Crippen LogP contribution in [0, 0.1) is 0 Å². The molecule has 0 saturated carbocycles. The van der Waals surface area contributed by atoms with Crippen molar-refractivity contribution in [1.29, 1.82) is 0 Å². The lowest BCUT2D eigenvalue weighted by Gasteiger charge is -1.80. The lowest BCUT2D eigenvalue weighted by molar-refractivity contribution is 0.664. The fourth-order valence-electron chi connectivity index (χ4n) is 0.126. The molecule has 0 rings (SSSR count). The first-order valence-corrected chi connectivity index (χ1v) is 3.35. The van der Waals surface area contributed by atoms with Crippen LogP contribution in [-0.4, -0.2) is 9.46 Å². The lowest BCUT2D eigenvalue weighted by Crippen LogP contribution is -1.89. The first-order valence-electron chi connectivity index (χ1n) is 1.66. The van der Waals surface area contributed by atoms with Gasteiger partial charge in [-0.25, -0.2) is 0 Å². The van der Waals surface area contributed by atoms with Crippen LogP contribution in [0.5, 0.6) is 0 Å². The van der Waals surface area contributed by atoms with Crippen LogP contribution in [0.2, 0.25) is 6.04 Å². The second-order valence-electron chi connectivity index (χ2n) is 0.915. The van der Waals surface area contributed by atoms with Crippen LogP contribution < -0.4 is 0 Å². The summed E-state index contributed by atoms with van der Waals surface area (Å²) in [6.45, 7) is 3.16. The third kappa shape index (κ3) is 3.82. The van der Waals surface area contributed by atoms with Crippen molar-refractivity contribution in [3.05, 3.63) is 12.7 Å². The third-order valence-electron chi connectivity index (χ3n) is 0.345. The minimum atomic E-state index is -3.29. The molecule has 0 aromatic rings. The van der Waals surface area contributed by atoms with Crippen molar-refractivity contribution in [3.8, 4) is 0 Å². The average Bonchev–Trinajstić information content (AvgIpc) is 1.35. The first kappa shape index (κ1) is 5.82. The smallest absolute Gasteiger partial charge is 0.274 e. The van der Waals surface area contributed by atoms with E-state index in [1.807, 2.05) is 0 Å². The normalized spacial score (nSPS) is 9.17. The molecule has 6 heavy (non-hydrogen) atoms. The van der Waals surface area contributed by atoms with Crippen LogP contribution >= 0.6 is 0 Å². The Hall–Kier alpha value is -0.183. The summed E-state index contributed by atoms with van der Waals surface area (Å²) in [5, 5.41) is 0. The van der Waals surface area contributed by atoms with Crippen LogP contribution in [0.4, 0.5) is 8.22 Å². The van der Waals surface area contributed by atoms with Crippen molar-refractivity contribution in [1.82, 2.24) is 0 Å². The summed E-state index contributed by atoms with van der Waals surface area (Å²) < 4.78 is 22.2. The van der Waals surface area contributed by atoms with Crippen molar-refractivity contribution >= 4 is 9.46 Å². The zero-order valence-electron chi connectivity index (χ0n) is 3.32. The van der Waals surface area contributed by atoms with Crippen LogP contribution in [0.3, 0.4) is 0 Å². The van der Waals surface area contributed by atoms with Gasteiger partial charge in [0.1, 0.15) is 0 Å². The Kier molecular flexibility index (Phi) is 2.93. The van der Waals surface area contributed by atoms with Crippen LogP contribution in [0.1, 0.15) is 0 Å². The van der Waals surface area contributed by atoms with Crippen molar-refractivity contribution < 1.29 is 8.22 Å². The maximum absolute atomic E-state index is 11.1. The van der Waals surface area contributed by atoms with Crippen LogP contribution in [0.25, 0.3) is 0 Å². The molecule has 0 spiro atoms. The molecule has 0 N–H and O–H groups in total. The van der Waals surface area contributed by atoms with Gasteiger partial charge < -0.3 is 0 Å². The monoisotopic (exact) mass is 108 g/mol. The van der Waals surface area contributed by atoms with Crippen molar-refractivity contribution in [2.75, 3.05) is 0 Å². The largest absolute Gasteiger partial charge is 0.415 e. The first-order chi connectivity index (χ1) is 2.77. The Morgan fingerprint density at radius 2 is 2.17 bits per heavy atom. The highest BCUT2D eigenvalue weighted by Gasteiger charge is 1.99. The molecular formula is C3H6F2Si. The molecule has 0 unspecified atom stereocenters. The van der Waals surface area contributed by atoms with Gasteiger partial charge >= 0.3 is 9.46 Å². The lowest BCUT2D eigenvalue weighted by atomic mass is 10.8. The number of rotatable bonds is 2. The highest BCUT2D eigenvalue weighted by Crippen LogP contribution is 1.92. The van der Waals surface area contributed by atoms with Crippen molar-refractivity contribution in [2.24, 2.45) is 0 Å². The summed E-state index contributed by atoms with van der Waals surface area (Å²) in [7, 11) is -3.29. The number of halogens is 2. The molecule has 0 aliphatic carbocycles. The predicted molar refractivity (Wildman–Crippen MR) is 24.4 cm³/mol. The molecule has 0 fully saturated rings. The topological polar surface area (TPSA) is 0 Å². The molecule has 0 amide bonds. The second kappa shape index (κ2) is 3.02. The van der Waals surface area contributed by atoms with Gasteiger partial charge in [-0.05, 0) is 0 Å². The molecule has 0 aromatic heterocycles. The molecule has 0 atom stereocenters. The van der Waals surface area contributed by atoms with Gasteiger partial charge in [0.2, 0.25) is 0 Å². The van der Waals surface area contributed by atoms with E-state index in [0.717, 1.165) is 0 Å². The predicted octanol–water partition coefficient (Wildman–Crippen LogP) is 1.33. The standard InChI is InChI=1S/C3H6F2Si/c1-2-3-6(4)5/h2,6H,1,3H2. The summed E-state index contributed by atoms with van der Waals surface area (Å²) in [5.41, 5.74) is 0. The van der Waals surface area contributed by atoms with E-state index in [1.54, 1.807) is 0 Å². The van der Waals surface area contributed by atoms with E-state index < -0.39 is 9.46 Å². The second-order valence-corrected chi connectivity index (χ2v) is 2.17. The minimum Gasteiger partial charge on any atom is -0.274 e. The zero-order valence-corrected chi connectivity index (χ0v) is 4.48. The molecule has 0 aliphatic rings. The SMILES string of the molecule is C=CC[SiH](F)F. The Labute approximate surface area is 37.4 Å². The average molecular weight is 108 g/mol. The van der Waals surface area contributed by atoms with Gasteiger partial charge in [-0.15, -0.1) is 6.58 Å². The molecule has 0 radical (unpaired) electrons. The molecule has 0 aliphatic heterocycles. The quantitative estimate of drug-likeness (QED) is 0.284. The van der Waals surface area contributed by atoms with Gasteiger partial charge in [-0.2, -0.15) is 0 Å². The third-order valence-corrected chi connectivity index (χ3v) is 1.03. The fourth-order valence-corrected chi connectivity index (χ4v) is 0.378. The number of hydrogen-bond acceptors (Lipinski definition) is 0. The van der Waals surface area contributed by atoms with Crippen molar-refractivity contribution in [3.63, 3.8) is 0 Å². The summed E-state index contributed by atoms with van der Waals surface area (Å²) in [5.74, 6) is 0. The number of hydrogen-bond donors (Lipinski definition) is 0. The van der Waals surface area contributed by atoms with E-state index >= 15 is 0 Å². The van der Waals surface area contributed by atoms with E-state index in [4.69, 9.17) is 0 Å². The maximum Gasteiger partial charge on any atom is 0.415 e. The minimum absolute atomic E-state index is 0.0556. The highest BCUT2D eigenvalue weighted by molar-refractivity contribution is 6.43. The summed E-state index contributed by atoms with van der Waals surface area (Å²) >= 11 is 0. The Morgan fingerprint density at radius 1 is 1.67 bits per heavy atom. The van der Waals surface area contributed by atoms with Crippen molar-refractivity contribution in [2.45, 2.75) is 6.04 Å². The molecule has 36 valence electrons.